The van der Waals surface area contributed by atoms with Crippen molar-refractivity contribution in [2.24, 2.45) is 0 Å². The Morgan fingerprint density at radius 1 is 0.909 bits per heavy atom. The number of ether oxygens (including phenoxy) is 1. The maximum Gasteiger partial charge on any atom is 0.259 e. The number of halogens is 5. The first kappa shape index (κ1) is 15.7. The van der Waals surface area contributed by atoms with Crippen LogP contribution in [-0.2, 0) is 0 Å². The summed E-state index contributed by atoms with van der Waals surface area (Å²) in [6.45, 7) is 0. The van der Waals surface area contributed by atoms with Gasteiger partial charge in [0.25, 0.3) is 5.91 Å². The predicted molar refractivity (Wildman–Crippen MR) is 67.2 cm³/mol. The minimum Gasteiger partial charge on any atom is -0.496 e. The number of carbonyl (C=O) groups is 1. The Labute approximate surface area is 121 Å². The molecule has 1 N–H and O–H groups in total. The van der Waals surface area contributed by atoms with Crippen molar-refractivity contribution >= 4 is 11.6 Å². The van der Waals surface area contributed by atoms with E-state index in [9.17, 15) is 26.7 Å². The first-order valence-electron chi connectivity index (χ1n) is 5.84. The molecule has 0 aliphatic carbocycles. The van der Waals surface area contributed by atoms with E-state index in [1.54, 1.807) is 5.32 Å². The number of nitrogens with one attached hydrogen (secondary N) is 1. The van der Waals surface area contributed by atoms with Crippen LogP contribution in [0.4, 0.5) is 27.6 Å². The molecule has 0 unspecified atom stereocenters. The van der Waals surface area contributed by atoms with Crippen LogP contribution < -0.4 is 10.1 Å². The Hall–Kier alpha value is -2.64. The van der Waals surface area contributed by atoms with E-state index < -0.39 is 40.7 Å². The van der Waals surface area contributed by atoms with Gasteiger partial charge < -0.3 is 10.1 Å². The molecule has 0 aromatic heterocycles. The highest BCUT2D eigenvalue weighted by Crippen LogP contribution is 2.28. The Morgan fingerprint density at radius 2 is 1.41 bits per heavy atom. The van der Waals surface area contributed by atoms with Gasteiger partial charge in [-0.05, 0) is 12.1 Å². The summed E-state index contributed by atoms with van der Waals surface area (Å²) in [7, 11) is 1.25. The highest BCUT2D eigenvalue weighted by molar-refractivity contribution is 6.06. The molecular weight excluding hydrogens is 309 g/mol. The average Bonchev–Trinajstić information content (AvgIpc) is 2.54. The van der Waals surface area contributed by atoms with Gasteiger partial charge in [-0.15, -0.1) is 0 Å². The zero-order valence-electron chi connectivity index (χ0n) is 11.0. The van der Waals surface area contributed by atoms with Gasteiger partial charge in [-0.3, -0.25) is 4.79 Å². The summed E-state index contributed by atoms with van der Waals surface area (Å²) < 4.78 is 70.9. The van der Waals surface area contributed by atoms with E-state index in [1.807, 2.05) is 0 Å². The summed E-state index contributed by atoms with van der Waals surface area (Å²) in [5.74, 6) is -11.8. The van der Waals surface area contributed by atoms with Gasteiger partial charge in [0.1, 0.15) is 11.4 Å². The highest BCUT2D eigenvalue weighted by atomic mass is 19.2. The number of para-hydroxylation sites is 1. The topological polar surface area (TPSA) is 38.3 Å². The molecule has 0 spiro atoms. The normalized spacial score (nSPS) is 10.5. The molecule has 0 saturated carbocycles. The molecule has 2 aromatic carbocycles. The summed E-state index contributed by atoms with van der Waals surface area (Å²) >= 11 is 0. The fraction of sp³-hybridized carbons (Fsp3) is 0.0714. The van der Waals surface area contributed by atoms with Crippen molar-refractivity contribution in [2.45, 2.75) is 0 Å². The number of carbonyl (C=O) groups excluding carboxylic acids is 1. The van der Waals surface area contributed by atoms with Gasteiger partial charge in [-0.2, -0.15) is 0 Å². The van der Waals surface area contributed by atoms with Crippen LogP contribution in [0.25, 0.3) is 0 Å². The second-order valence-electron chi connectivity index (χ2n) is 4.10. The summed E-state index contributed by atoms with van der Waals surface area (Å²) in [5.41, 5.74) is -1.55. The maximum atomic E-state index is 13.5. The average molecular weight is 317 g/mol. The summed E-state index contributed by atoms with van der Waals surface area (Å²) in [6.07, 6.45) is 0. The van der Waals surface area contributed by atoms with Gasteiger partial charge in [0.15, 0.2) is 23.3 Å². The molecule has 0 fully saturated rings. The third-order valence-corrected chi connectivity index (χ3v) is 2.80. The second-order valence-corrected chi connectivity index (χ2v) is 4.10. The number of rotatable bonds is 3. The molecule has 0 atom stereocenters. The first-order chi connectivity index (χ1) is 10.4. The summed E-state index contributed by atoms with van der Waals surface area (Å²) in [4.78, 5) is 11.9. The van der Waals surface area contributed by atoms with Crippen LogP contribution in [0.2, 0.25) is 0 Å². The van der Waals surface area contributed by atoms with Gasteiger partial charge in [0, 0.05) is 0 Å². The lowest BCUT2D eigenvalue weighted by molar-refractivity contribution is 0.102. The smallest absolute Gasteiger partial charge is 0.259 e. The van der Waals surface area contributed by atoms with Crippen molar-refractivity contribution < 1.29 is 31.5 Å². The number of amides is 1. The zero-order chi connectivity index (χ0) is 16.4. The highest BCUT2D eigenvalue weighted by Gasteiger charge is 2.27. The van der Waals surface area contributed by atoms with Crippen LogP contribution in [0.5, 0.6) is 5.75 Å². The zero-order valence-corrected chi connectivity index (χ0v) is 11.0. The Bertz CT molecular complexity index is 719. The largest absolute Gasteiger partial charge is 0.496 e. The minimum atomic E-state index is -2.30. The molecule has 2 rings (SSSR count). The molecule has 0 radical (unpaired) electrons. The van der Waals surface area contributed by atoms with Crippen molar-refractivity contribution in [1.29, 1.82) is 0 Å². The lowest BCUT2D eigenvalue weighted by Gasteiger charge is -2.11. The summed E-state index contributed by atoms with van der Waals surface area (Å²) in [5, 5.41) is 1.66. The fourth-order valence-electron chi connectivity index (χ4n) is 1.73. The Balaban J connectivity index is 2.45. The monoisotopic (exact) mass is 317 g/mol. The lowest BCUT2D eigenvalue weighted by Crippen LogP contribution is -2.17. The van der Waals surface area contributed by atoms with E-state index >= 15 is 0 Å². The Kier molecular flexibility index (Phi) is 4.30. The van der Waals surface area contributed by atoms with Crippen molar-refractivity contribution in [1.82, 2.24) is 0 Å². The van der Waals surface area contributed by atoms with E-state index in [-0.39, 0.29) is 11.3 Å². The third kappa shape index (κ3) is 2.59. The van der Waals surface area contributed by atoms with E-state index in [0.717, 1.165) is 0 Å². The van der Waals surface area contributed by atoms with Crippen molar-refractivity contribution in [3.05, 3.63) is 58.9 Å². The van der Waals surface area contributed by atoms with Crippen molar-refractivity contribution in [3.63, 3.8) is 0 Å². The number of hydrogen-bond acceptors (Lipinski definition) is 2. The van der Waals surface area contributed by atoms with Crippen molar-refractivity contribution in [3.8, 4) is 5.75 Å². The van der Waals surface area contributed by atoms with E-state index in [4.69, 9.17) is 4.74 Å². The maximum absolute atomic E-state index is 13.5. The summed E-state index contributed by atoms with van der Waals surface area (Å²) in [6, 6.07) is 5.64. The molecule has 2 aromatic rings. The van der Waals surface area contributed by atoms with Crippen LogP contribution in [-0.4, -0.2) is 13.0 Å². The molecule has 0 bridgehead atoms. The van der Waals surface area contributed by atoms with Gasteiger partial charge in [0.05, 0.1) is 12.7 Å². The van der Waals surface area contributed by atoms with Crippen LogP contribution >= 0.6 is 0 Å². The molecule has 3 nitrogen and oxygen atoms in total. The van der Waals surface area contributed by atoms with Gasteiger partial charge >= 0.3 is 0 Å². The molecule has 0 saturated heterocycles. The number of methoxy groups -OCH3 is 1. The number of benzene rings is 2. The third-order valence-electron chi connectivity index (χ3n) is 2.80. The van der Waals surface area contributed by atoms with Crippen LogP contribution in [0.1, 0.15) is 10.4 Å². The quantitative estimate of drug-likeness (QED) is 0.533. The second kappa shape index (κ2) is 6.00. The van der Waals surface area contributed by atoms with Crippen LogP contribution in [0.3, 0.4) is 0 Å². The standard InChI is InChI=1S/C14H8F5NO2/c1-22-7-5-3-2-4-6(7)14(21)20-13-11(18)9(16)8(15)10(17)12(13)19/h2-5H,1H3,(H,20,21). The molecular formula is C14H8F5NO2. The molecule has 22 heavy (non-hydrogen) atoms. The number of hydrogen-bond donors (Lipinski definition) is 1. The number of anilines is 1. The first-order valence-corrected chi connectivity index (χ1v) is 5.84. The molecule has 116 valence electrons. The molecule has 8 heteroatoms. The van der Waals surface area contributed by atoms with E-state index in [2.05, 4.69) is 0 Å². The van der Waals surface area contributed by atoms with Gasteiger partial charge in [0.2, 0.25) is 5.82 Å². The molecule has 0 aliphatic rings. The fourth-order valence-corrected chi connectivity index (χ4v) is 1.73. The van der Waals surface area contributed by atoms with Crippen LogP contribution in [0.15, 0.2) is 24.3 Å². The lowest BCUT2D eigenvalue weighted by atomic mass is 10.1. The molecule has 0 heterocycles. The van der Waals surface area contributed by atoms with Gasteiger partial charge in [-0.1, -0.05) is 12.1 Å². The van der Waals surface area contributed by atoms with Crippen LogP contribution in [0, 0.1) is 29.1 Å². The van der Waals surface area contributed by atoms with E-state index in [1.165, 1.54) is 31.4 Å². The predicted octanol–water partition coefficient (Wildman–Crippen LogP) is 3.64. The molecule has 1 amide bonds. The SMILES string of the molecule is COc1ccccc1C(=O)Nc1c(F)c(F)c(F)c(F)c1F. The Morgan fingerprint density at radius 3 is 1.95 bits per heavy atom. The van der Waals surface area contributed by atoms with Gasteiger partial charge in [-0.25, -0.2) is 22.0 Å². The minimum absolute atomic E-state index is 0.0730. The van der Waals surface area contributed by atoms with Crippen molar-refractivity contribution in [2.75, 3.05) is 12.4 Å². The molecule has 0 aliphatic heterocycles. The van der Waals surface area contributed by atoms with E-state index in [0.29, 0.717) is 0 Å².